The van der Waals surface area contributed by atoms with E-state index >= 15 is 0 Å². The molecule has 0 saturated carbocycles. The maximum Gasteiger partial charge on any atom is 0.0544 e. The van der Waals surface area contributed by atoms with Crippen molar-refractivity contribution in [1.29, 1.82) is 0 Å². The van der Waals surface area contributed by atoms with Crippen LogP contribution in [0.3, 0.4) is 0 Å². The van der Waals surface area contributed by atoms with Crippen LogP contribution in [0.1, 0.15) is 52.7 Å². The molecule has 0 amide bonds. The van der Waals surface area contributed by atoms with Crippen LogP contribution in [0.2, 0.25) is 0 Å². The minimum Gasteiger partial charge on any atom is -0.309 e. The lowest BCUT2D eigenvalue weighted by Crippen LogP contribution is -2.42. The first-order valence-corrected chi connectivity index (χ1v) is 16.9. The molecule has 0 spiro atoms. The summed E-state index contributed by atoms with van der Waals surface area (Å²) in [5.41, 5.74) is 13.0. The monoisotopic (exact) mass is 608 g/mol. The largest absolute Gasteiger partial charge is 0.309 e. The number of aromatic nitrogens is 2. The molecular weight excluding hydrogens is 569 g/mol. The summed E-state index contributed by atoms with van der Waals surface area (Å²) < 4.78 is 4.84. The standard InChI is InChI=1S/C45H40N2/c1-43(2)37-27-36-35-15-9-12-18-41(35)47(42(36)28-38(37)44(3,4)45(43,5)6)32-25-21-30(22-26-32)29-19-23-31(24-20-29)46-39-16-10-7-13-33(39)34-14-8-11-17-40(34)46/h7-28H,1-6H3. The average Bonchev–Trinajstić information content (AvgIpc) is 3.63. The molecule has 2 nitrogen and oxygen atoms in total. The topological polar surface area (TPSA) is 9.86 Å². The third kappa shape index (κ3) is 3.67. The molecule has 8 aromatic rings. The first-order chi connectivity index (χ1) is 22.6. The highest BCUT2D eigenvalue weighted by Gasteiger charge is 2.56. The Morgan fingerprint density at radius 2 is 0.723 bits per heavy atom. The molecule has 0 atom stereocenters. The summed E-state index contributed by atoms with van der Waals surface area (Å²) in [6, 6.07) is 49.4. The number of fused-ring (bicyclic) bond motifs is 7. The minimum absolute atomic E-state index is 0.0521. The molecule has 0 saturated heterocycles. The van der Waals surface area contributed by atoms with Gasteiger partial charge in [-0.05, 0) is 93.1 Å². The summed E-state index contributed by atoms with van der Waals surface area (Å²) in [6.45, 7) is 14.6. The summed E-state index contributed by atoms with van der Waals surface area (Å²) >= 11 is 0. The lowest BCUT2D eigenvalue weighted by atomic mass is 9.59. The van der Waals surface area contributed by atoms with E-state index in [1.807, 2.05) is 0 Å². The SMILES string of the molecule is CC1(C)c2cc3c4ccccc4n(-c4ccc(-c5ccc(-n6c7ccccc7c7ccccc76)cc5)cc4)c3cc2C(C)(C)C1(C)C. The number of hydrogen-bond donors (Lipinski definition) is 0. The lowest BCUT2D eigenvalue weighted by Gasteiger charge is -2.44. The summed E-state index contributed by atoms with van der Waals surface area (Å²) in [6.07, 6.45) is 0. The summed E-state index contributed by atoms with van der Waals surface area (Å²) in [7, 11) is 0. The summed E-state index contributed by atoms with van der Waals surface area (Å²) in [5.74, 6) is 0. The first-order valence-electron chi connectivity index (χ1n) is 16.9. The van der Waals surface area contributed by atoms with Crippen molar-refractivity contribution in [2.75, 3.05) is 0 Å². The highest BCUT2D eigenvalue weighted by Crippen LogP contribution is 2.62. The van der Waals surface area contributed by atoms with Gasteiger partial charge in [-0.25, -0.2) is 0 Å². The van der Waals surface area contributed by atoms with Crippen LogP contribution in [0.25, 0.3) is 66.1 Å². The van der Waals surface area contributed by atoms with Crippen molar-refractivity contribution in [2.24, 2.45) is 5.41 Å². The van der Waals surface area contributed by atoms with Crippen molar-refractivity contribution < 1.29 is 0 Å². The molecule has 2 aromatic heterocycles. The number of nitrogens with zero attached hydrogens (tertiary/aromatic N) is 2. The van der Waals surface area contributed by atoms with Crippen molar-refractivity contribution in [1.82, 2.24) is 9.13 Å². The number of rotatable bonds is 3. The van der Waals surface area contributed by atoms with Gasteiger partial charge >= 0.3 is 0 Å². The Hall–Kier alpha value is -5.08. The smallest absolute Gasteiger partial charge is 0.0544 e. The van der Waals surface area contributed by atoms with E-state index in [9.17, 15) is 0 Å². The maximum atomic E-state index is 2.51. The molecule has 0 bridgehead atoms. The minimum atomic E-state index is 0.0521. The van der Waals surface area contributed by atoms with Crippen molar-refractivity contribution in [2.45, 2.75) is 52.4 Å². The van der Waals surface area contributed by atoms with Gasteiger partial charge in [0.15, 0.2) is 0 Å². The molecule has 2 heterocycles. The van der Waals surface area contributed by atoms with Crippen LogP contribution >= 0.6 is 0 Å². The first kappa shape index (κ1) is 28.2. The Balaban J connectivity index is 1.14. The number of benzene rings is 6. The van der Waals surface area contributed by atoms with E-state index in [0.29, 0.717) is 0 Å². The molecule has 0 aliphatic heterocycles. The molecule has 0 N–H and O–H groups in total. The second-order valence-electron chi connectivity index (χ2n) is 15.1. The second-order valence-corrected chi connectivity index (χ2v) is 15.1. The van der Waals surface area contributed by atoms with Crippen molar-refractivity contribution in [3.8, 4) is 22.5 Å². The van der Waals surface area contributed by atoms with Crippen LogP contribution in [0.15, 0.2) is 133 Å². The highest BCUT2D eigenvalue weighted by molar-refractivity contribution is 6.10. The third-order valence-corrected chi connectivity index (χ3v) is 12.4. The number of para-hydroxylation sites is 3. The normalized spacial score (nSPS) is 16.4. The molecule has 0 fully saturated rings. The van der Waals surface area contributed by atoms with E-state index < -0.39 is 0 Å². The molecule has 2 heteroatoms. The van der Waals surface area contributed by atoms with Crippen molar-refractivity contribution in [3.05, 3.63) is 145 Å². The van der Waals surface area contributed by atoms with Gasteiger partial charge in [-0.3, -0.25) is 0 Å². The van der Waals surface area contributed by atoms with Gasteiger partial charge in [-0.15, -0.1) is 0 Å². The Labute approximate surface area is 276 Å². The highest BCUT2D eigenvalue weighted by atomic mass is 15.0. The summed E-state index contributed by atoms with van der Waals surface area (Å²) in [4.78, 5) is 0. The van der Waals surface area contributed by atoms with E-state index in [2.05, 4.69) is 184 Å². The van der Waals surface area contributed by atoms with E-state index in [1.165, 1.54) is 77.2 Å². The van der Waals surface area contributed by atoms with E-state index in [-0.39, 0.29) is 16.2 Å². The van der Waals surface area contributed by atoms with Gasteiger partial charge in [-0.1, -0.05) is 120 Å². The van der Waals surface area contributed by atoms with Crippen molar-refractivity contribution in [3.63, 3.8) is 0 Å². The fourth-order valence-electron chi connectivity index (χ4n) is 8.59. The van der Waals surface area contributed by atoms with Gasteiger partial charge in [0.25, 0.3) is 0 Å². The van der Waals surface area contributed by atoms with Crippen LogP contribution < -0.4 is 0 Å². The molecule has 6 aromatic carbocycles. The fourth-order valence-corrected chi connectivity index (χ4v) is 8.59. The van der Waals surface area contributed by atoms with E-state index in [4.69, 9.17) is 0 Å². The molecule has 0 radical (unpaired) electrons. The third-order valence-electron chi connectivity index (χ3n) is 12.4. The predicted molar refractivity (Wildman–Crippen MR) is 200 cm³/mol. The Morgan fingerprint density at radius 3 is 1.17 bits per heavy atom. The molecular formula is C45H40N2. The molecule has 230 valence electrons. The van der Waals surface area contributed by atoms with Crippen LogP contribution in [0.4, 0.5) is 0 Å². The van der Waals surface area contributed by atoms with E-state index in [1.54, 1.807) is 0 Å². The fraction of sp³-hybridized carbons (Fsp3) is 0.200. The molecule has 1 aliphatic rings. The molecule has 1 aliphatic carbocycles. The van der Waals surface area contributed by atoms with Crippen LogP contribution in [0, 0.1) is 5.41 Å². The van der Waals surface area contributed by atoms with Crippen LogP contribution in [0.5, 0.6) is 0 Å². The predicted octanol–water partition coefficient (Wildman–Crippen LogP) is 12.1. The van der Waals surface area contributed by atoms with Gasteiger partial charge in [0.2, 0.25) is 0 Å². The quantitative estimate of drug-likeness (QED) is 0.189. The van der Waals surface area contributed by atoms with Crippen LogP contribution in [-0.4, -0.2) is 9.13 Å². The second kappa shape index (κ2) is 9.48. The van der Waals surface area contributed by atoms with Gasteiger partial charge in [0, 0.05) is 32.9 Å². The lowest BCUT2D eigenvalue weighted by molar-refractivity contribution is 0.125. The zero-order chi connectivity index (χ0) is 32.3. The van der Waals surface area contributed by atoms with Gasteiger partial charge in [0.1, 0.15) is 0 Å². The summed E-state index contributed by atoms with van der Waals surface area (Å²) in [5, 5.41) is 5.22. The molecule has 47 heavy (non-hydrogen) atoms. The van der Waals surface area contributed by atoms with Gasteiger partial charge in [0.05, 0.1) is 22.1 Å². The Bertz CT molecular complexity index is 2460. The van der Waals surface area contributed by atoms with Gasteiger partial charge < -0.3 is 9.13 Å². The Morgan fingerprint density at radius 1 is 0.362 bits per heavy atom. The van der Waals surface area contributed by atoms with Gasteiger partial charge in [-0.2, -0.15) is 0 Å². The number of hydrogen-bond acceptors (Lipinski definition) is 0. The molecule has 0 unspecified atom stereocenters. The zero-order valence-electron chi connectivity index (χ0n) is 28.1. The van der Waals surface area contributed by atoms with Crippen LogP contribution in [-0.2, 0) is 10.8 Å². The zero-order valence-corrected chi connectivity index (χ0v) is 28.1. The van der Waals surface area contributed by atoms with Crippen molar-refractivity contribution >= 4 is 43.6 Å². The van der Waals surface area contributed by atoms with E-state index in [0.717, 1.165) is 0 Å². The Kier molecular flexibility index (Phi) is 5.68. The average molecular weight is 609 g/mol. The maximum absolute atomic E-state index is 2.51. The molecule has 9 rings (SSSR count).